The molecule has 0 amide bonds. The van der Waals surface area contributed by atoms with Crippen molar-refractivity contribution >= 4 is 22.6 Å². The zero-order valence-corrected chi connectivity index (χ0v) is 13.7. The predicted octanol–water partition coefficient (Wildman–Crippen LogP) is 3.11. The second-order valence-corrected chi connectivity index (χ2v) is 7.48. The molecule has 3 heteroatoms. The number of piperazine rings is 1. The second-order valence-electron chi connectivity index (χ2n) is 6.23. The van der Waals surface area contributed by atoms with Crippen molar-refractivity contribution in [2.24, 2.45) is 5.41 Å². The first-order valence-corrected chi connectivity index (χ1v) is 7.73. The monoisotopic (exact) mass is 358 g/mol. The fraction of sp³-hybridized carbons (Fsp3) is 0.600. The quantitative estimate of drug-likeness (QED) is 0.818. The largest absolute Gasteiger partial charge is 0.311 e. The van der Waals surface area contributed by atoms with Gasteiger partial charge in [0.15, 0.2) is 0 Å². The smallest absolute Gasteiger partial charge is 0.0244 e. The number of benzene rings is 1. The lowest BCUT2D eigenvalue weighted by Gasteiger charge is -2.40. The molecular weight excluding hydrogens is 335 g/mol. The Morgan fingerprint density at radius 1 is 1.28 bits per heavy atom. The summed E-state index contributed by atoms with van der Waals surface area (Å²) in [6, 6.07) is 9.47. The molecule has 0 aromatic heterocycles. The predicted molar refractivity (Wildman–Crippen MR) is 85.7 cm³/mol. The van der Waals surface area contributed by atoms with E-state index >= 15 is 0 Å². The molecule has 1 aromatic rings. The van der Waals surface area contributed by atoms with E-state index in [0.717, 1.165) is 26.2 Å². The van der Waals surface area contributed by atoms with Crippen LogP contribution in [0.2, 0.25) is 0 Å². The fourth-order valence-corrected chi connectivity index (χ4v) is 2.74. The van der Waals surface area contributed by atoms with Crippen LogP contribution >= 0.6 is 22.6 Å². The fourth-order valence-electron chi connectivity index (χ4n) is 2.38. The topological polar surface area (TPSA) is 15.3 Å². The first kappa shape index (κ1) is 14.3. The second kappa shape index (κ2) is 5.88. The van der Waals surface area contributed by atoms with Gasteiger partial charge in [0.05, 0.1) is 0 Å². The van der Waals surface area contributed by atoms with Crippen LogP contribution in [0.5, 0.6) is 0 Å². The molecule has 0 spiro atoms. The lowest BCUT2D eigenvalue weighted by Crippen LogP contribution is -2.55. The summed E-state index contributed by atoms with van der Waals surface area (Å²) in [6.07, 6.45) is 0. The van der Waals surface area contributed by atoms with Crippen LogP contribution in [0.1, 0.15) is 26.3 Å². The highest BCUT2D eigenvalue weighted by Gasteiger charge is 2.28. The Hall–Kier alpha value is -0.130. The zero-order valence-electron chi connectivity index (χ0n) is 11.5. The number of nitrogens with zero attached hydrogens (tertiary/aromatic N) is 1. The van der Waals surface area contributed by atoms with E-state index < -0.39 is 0 Å². The van der Waals surface area contributed by atoms with Gasteiger partial charge in [-0.15, -0.1) is 0 Å². The van der Waals surface area contributed by atoms with Crippen LogP contribution in [0.4, 0.5) is 0 Å². The van der Waals surface area contributed by atoms with Crippen LogP contribution in [0, 0.1) is 8.99 Å². The molecule has 0 bridgehead atoms. The number of halogens is 1. The van der Waals surface area contributed by atoms with Crippen molar-refractivity contribution < 1.29 is 0 Å². The summed E-state index contributed by atoms with van der Waals surface area (Å²) >= 11 is 2.36. The summed E-state index contributed by atoms with van der Waals surface area (Å²) < 4.78 is 1.31. The van der Waals surface area contributed by atoms with Crippen molar-refractivity contribution in [1.29, 1.82) is 0 Å². The maximum absolute atomic E-state index is 3.64. The highest BCUT2D eigenvalue weighted by molar-refractivity contribution is 14.1. The molecule has 0 saturated carbocycles. The Kier molecular flexibility index (Phi) is 4.67. The third kappa shape index (κ3) is 3.93. The average Bonchev–Trinajstić information content (AvgIpc) is 2.31. The minimum absolute atomic E-state index is 0.338. The molecule has 100 valence electrons. The summed E-state index contributed by atoms with van der Waals surface area (Å²) in [6.45, 7) is 11.4. The van der Waals surface area contributed by atoms with Crippen LogP contribution in [0.3, 0.4) is 0 Å². The highest BCUT2D eigenvalue weighted by atomic mass is 127. The zero-order chi connectivity index (χ0) is 13.2. The third-order valence-corrected chi connectivity index (χ3v) is 4.34. The van der Waals surface area contributed by atoms with Gasteiger partial charge < -0.3 is 5.32 Å². The Balaban J connectivity index is 1.95. The molecule has 2 nitrogen and oxygen atoms in total. The minimum atomic E-state index is 0.338. The normalized spacial score (nSPS) is 22.1. The number of rotatable bonds is 2. The Morgan fingerprint density at radius 3 is 2.56 bits per heavy atom. The first-order chi connectivity index (χ1) is 8.45. The van der Waals surface area contributed by atoms with Gasteiger partial charge in [-0.2, -0.15) is 0 Å². The van der Waals surface area contributed by atoms with Gasteiger partial charge in [0.25, 0.3) is 0 Å². The van der Waals surface area contributed by atoms with Crippen LogP contribution in [0.15, 0.2) is 24.3 Å². The van der Waals surface area contributed by atoms with Crippen molar-refractivity contribution in [2.45, 2.75) is 33.4 Å². The summed E-state index contributed by atoms with van der Waals surface area (Å²) in [4.78, 5) is 2.56. The number of hydrogen-bond donors (Lipinski definition) is 1. The van der Waals surface area contributed by atoms with Crippen LogP contribution < -0.4 is 5.32 Å². The van der Waals surface area contributed by atoms with Gasteiger partial charge in [0.2, 0.25) is 0 Å². The first-order valence-electron chi connectivity index (χ1n) is 6.65. The van der Waals surface area contributed by atoms with Gasteiger partial charge in [-0.05, 0) is 45.7 Å². The summed E-state index contributed by atoms with van der Waals surface area (Å²) in [5.41, 5.74) is 1.76. The van der Waals surface area contributed by atoms with E-state index in [9.17, 15) is 0 Å². The lowest BCUT2D eigenvalue weighted by molar-refractivity contribution is 0.129. The van der Waals surface area contributed by atoms with Gasteiger partial charge in [0.1, 0.15) is 0 Å². The summed E-state index contributed by atoms with van der Waals surface area (Å²) in [5.74, 6) is 0. The molecule has 1 atom stereocenters. The third-order valence-electron chi connectivity index (χ3n) is 3.62. The van der Waals surface area contributed by atoms with E-state index in [1.807, 2.05) is 0 Å². The van der Waals surface area contributed by atoms with E-state index in [1.165, 1.54) is 9.13 Å². The molecular formula is C15H23IN2. The Morgan fingerprint density at radius 2 is 1.94 bits per heavy atom. The van der Waals surface area contributed by atoms with Gasteiger partial charge in [-0.3, -0.25) is 4.90 Å². The molecule has 0 radical (unpaired) electrons. The van der Waals surface area contributed by atoms with Crippen molar-refractivity contribution in [3.63, 3.8) is 0 Å². The van der Waals surface area contributed by atoms with Crippen LogP contribution in [-0.2, 0) is 6.54 Å². The van der Waals surface area contributed by atoms with Crippen molar-refractivity contribution in [3.05, 3.63) is 33.4 Å². The van der Waals surface area contributed by atoms with Gasteiger partial charge >= 0.3 is 0 Å². The van der Waals surface area contributed by atoms with E-state index in [0.29, 0.717) is 11.5 Å². The number of hydrogen-bond acceptors (Lipinski definition) is 2. The van der Waals surface area contributed by atoms with E-state index in [1.54, 1.807) is 0 Å². The van der Waals surface area contributed by atoms with Gasteiger partial charge in [0, 0.05) is 35.8 Å². The molecule has 1 heterocycles. The van der Waals surface area contributed by atoms with Gasteiger partial charge in [-0.25, -0.2) is 0 Å². The maximum atomic E-state index is 3.64. The van der Waals surface area contributed by atoms with E-state index in [2.05, 4.69) is 77.8 Å². The molecule has 1 aromatic carbocycles. The van der Waals surface area contributed by atoms with E-state index in [4.69, 9.17) is 0 Å². The van der Waals surface area contributed by atoms with Crippen molar-refractivity contribution in [1.82, 2.24) is 10.2 Å². The SMILES string of the molecule is CC(C)(C)C1CN(Cc2ccc(I)cc2)CCN1. The molecule has 1 aliphatic heterocycles. The Bertz CT molecular complexity index is 380. The molecule has 0 aliphatic carbocycles. The summed E-state index contributed by atoms with van der Waals surface area (Å²) in [5, 5.41) is 3.64. The van der Waals surface area contributed by atoms with Crippen molar-refractivity contribution in [2.75, 3.05) is 19.6 Å². The maximum Gasteiger partial charge on any atom is 0.0244 e. The molecule has 1 fully saturated rings. The lowest BCUT2D eigenvalue weighted by atomic mass is 9.85. The van der Waals surface area contributed by atoms with E-state index in [-0.39, 0.29) is 0 Å². The van der Waals surface area contributed by atoms with Crippen LogP contribution in [0.25, 0.3) is 0 Å². The molecule has 1 N–H and O–H groups in total. The standard InChI is InChI=1S/C15H23IN2/c1-15(2,3)14-11-18(9-8-17-14)10-12-4-6-13(16)7-5-12/h4-7,14,17H,8-11H2,1-3H3. The molecule has 1 saturated heterocycles. The van der Waals surface area contributed by atoms with Crippen LogP contribution in [-0.4, -0.2) is 30.6 Å². The van der Waals surface area contributed by atoms with Gasteiger partial charge in [-0.1, -0.05) is 32.9 Å². The molecule has 1 aliphatic rings. The average molecular weight is 358 g/mol. The summed E-state index contributed by atoms with van der Waals surface area (Å²) in [7, 11) is 0. The molecule has 2 rings (SSSR count). The minimum Gasteiger partial charge on any atom is -0.311 e. The highest BCUT2D eigenvalue weighted by Crippen LogP contribution is 2.22. The Labute approximate surface area is 124 Å². The number of nitrogens with one attached hydrogen (secondary N) is 1. The molecule has 1 unspecified atom stereocenters. The van der Waals surface area contributed by atoms with Crippen molar-refractivity contribution in [3.8, 4) is 0 Å². The molecule has 18 heavy (non-hydrogen) atoms.